The van der Waals surface area contributed by atoms with Crippen molar-refractivity contribution in [2.75, 3.05) is 5.32 Å². The first-order valence-corrected chi connectivity index (χ1v) is 12.5. The topological polar surface area (TPSA) is 112 Å². The van der Waals surface area contributed by atoms with Crippen molar-refractivity contribution in [2.24, 2.45) is 0 Å². The van der Waals surface area contributed by atoms with Crippen molar-refractivity contribution < 1.29 is 19.1 Å². The third-order valence-corrected chi connectivity index (χ3v) is 6.36. The predicted octanol–water partition coefficient (Wildman–Crippen LogP) is 5.23. The summed E-state index contributed by atoms with van der Waals surface area (Å²) in [6.45, 7) is 5.00. The SMILES string of the molecule is CC(=O)Nc1cccc(COC(=O)N[C@](C)(Cc2c[nH]c3ccccc23)C(=O)N[C@@H](C)c2ccccc2)c1. The molecule has 0 unspecified atom stereocenters. The molecule has 38 heavy (non-hydrogen) atoms. The number of para-hydroxylation sites is 1. The van der Waals surface area contributed by atoms with E-state index >= 15 is 0 Å². The fraction of sp³-hybridized carbons (Fsp3) is 0.233. The van der Waals surface area contributed by atoms with Gasteiger partial charge in [-0.25, -0.2) is 4.79 Å². The number of carbonyl (C=O) groups is 3. The van der Waals surface area contributed by atoms with E-state index in [9.17, 15) is 14.4 Å². The van der Waals surface area contributed by atoms with Crippen LogP contribution in [0, 0.1) is 0 Å². The lowest BCUT2D eigenvalue weighted by molar-refractivity contribution is -0.127. The van der Waals surface area contributed by atoms with E-state index in [0.29, 0.717) is 11.3 Å². The third-order valence-electron chi connectivity index (χ3n) is 6.36. The van der Waals surface area contributed by atoms with Crippen LogP contribution < -0.4 is 16.0 Å². The Balaban J connectivity index is 1.51. The van der Waals surface area contributed by atoms with Crippen LogP contribution in [0.5, 0.6) is 0 Å². The molecule has 196 valence electrons. The smallest absolute Gasteiger partial charge is 0.408 e. The Morgan fingerprint density at radius 1 is 0.974 bits per heavy atom. The molecule has 1 heterocycles. The normalized spacial score (nSPS) is 13.2. The molecular weight excluding hydrogens is 480 g/mol. The number of amides is 3. The van der Waals surface area contributed by atoms with Gasteiger partial charge in [0.1, 0.15) is 12.1 Å². The molecule has 3 aromatic carbocycles. The van der Waals surface area contributed by atoms with Crippen LogP contribution in [0.4, 0.5) is 10.5 Å². The first kappa shape index (κ1) is 26.5. The number of anilines is 1. The number of fused-ring (bicyclic) bond motifs is 1. The number of rotatable bonds is 9. The van der Waals surface area contributed by atoms with Gasteiger partial charge in [0, 0.05) is 36.1 Å². The van der Waals surface area contributed by atoms with Crippen LogP contribution >= 0.6 is 0 Å². The third kappa shape index (κ3) is 6.59. The summed E-state index contributed by atoms with van der Waals surface area (Å²) >= 11 is 0. The van der Waals surface area contributed by atoms with Gasteiger partial charge in [0.05, 0.1) is 6.04 Å². The van der Waals surface area contributed by atoms with E-state index in [0.717, 1.165) is 22.0 Å². The van der Waals surface area contributed by atoms with Crippen molar-refractivity contribution in [3.63, 3.8) is 0 Å². The Bertz CT molecular complexity index is 1430. The molecule has 4 aromatic rings. The second kappa shape index (κ2) is 11.6. The van der Waals surface area contributed by atoms with E-state index in [1.807, 2.05) is 67.7 Å². The molecule has 0 saturated heterocycles. The highest BCUT2D eigenvalue weighted by Crippen LogP contribution is 2.24. The van der Waals surface area contributed by atoms with E-state index in [2.05, 4.69) is 20.9 Å². The van der Waals surface area contributed by atoms with Crippen LogP contribution in [0.2, 0.25) is 0 Å². The van der Waals surface area contributed by atoms with E-state index in [-0.39, 0.29) is 30.9 Å². The van der Waals surface area contributed by atoms with Gasteiger partial charge in [0.15, 0.2) is 0 Å². The molecule has 8 nitrogen and oxygen atoms in total. The number of benzene rings is 3. The molecule has 0 aliphatic carbocycles. The van der Waals surface area contributed by atoms with E-state index < -0.39 is 11.6 Å². The van der Waals surface area contributed by atoms with E-state index in [1.54, 1.807) is 31.2 Å². The Hall–Kier alpha value is -4.59. The summed E-state index contributed by atoms with van der Waals surface area (Å²) in [4.78, 5) is 41.2. The van der Waals surface area contributed by atoms with Gasteiger partial charge in [-0.05, 0) is 48.7 Å². The molecule has 0 aliphatic rings. The highest BCUT2D eigenvalue weighted by molar-refractivity contribution is 5.92. The van der Waals surface area contributed by atoms with Gasteiger partial charge in [-0.15, -0.1) is 0 Å². The average molecular weight is 513 g/mol. The highest BCUT2D eigenvalue weighted by atomic mass is 16.5. The number of nitrogens with one attached hydrogen (secondary N) is 4. The first-order valence-electron chi connectivity index (χ1n) is 12.5. The van der Waals surface area contributed by atoms with Crippen LogP contribution in [0.3, 0.4) is 0 Å². The van der Waals surface area contributed by atoms with Crippen molar-refractivity contribution in [3.8, 4) is 0 Å². The zero-order valence-electron chi connectivity index (χ0n) is 21.7. The van der Waals surface area contributed by atoms with Crippen LogP contribution in [-0.4, -0.2) is 28.4 Å². The monoisotopic (exact) mass is 512 g/mol. The molecule has 3 amide bonds. The van der Waals surface area contributed by atoms with Gasteiger partial charge in [0.25, 0.3) is 0 Å². The van der Waals surface area contributed by atoms with Crippen molar-refractivity contribution >= 4 is 34.5 Å². The molecule has 0 aliphatic heterocycles. The number of hydrogen-bond acceptors (Lipinski definition) is 4. The molecule has 0 spiro atoms. The van der Waals surface area contributed by atoms with Crippen molar-refractivity contribution in [2.45, 2.75) is 45.4 Å². The van der Waals surface area contributed by atoms with Gasteiger partial charge in [-0.1, -0.05) is 60.7 Å². The summed E-state index contributed by atoms with van der Waals surface area (Å²) < 4.78 is 5.48. The van der Waals surface area contributed by atoms with Crippen LogP contribution in [0.15, 0.2) is 85.1 Å². The minimum absolute atomic E-state index is 0.0234. The number of carbonyl (C=O) groups excluding carboxylic acids is 3. The Kier molecular flexibility index (Phi) is 8.11. The second-order valence-corrected chi connectivity index (χ2v) is 9.56. The summed E-state index contributed by atoms with van der Waals surface area (Å²) in [6, 6.07) is 24.2. The minimum atomic E-state index is -1.30. The van der Waals surface area contributed by atoms with Crippen molar-refractivity contribution in [1.82, 2.24) is 15.6 Å². The molecule has 0 radical (unpaired) electrons. The first-order chi connectivity index (χ1) is 18.2. The van der Waals surface area contributed by atoms with Gasteiger partial charge in [-0.3, -0.25) is 9.59 Å². The number of aromatic amines is 1. The number of alkyl carbamates (subject to hydrolysis) is 1. The molecule has 8 heteroatoms. The Morgan fingerprint density at radius 3 is 2.47 bits per heavy atom. The van der Waals surface area contributed by atoms with Gasteiger partial charge >= 0.3 is 6.09 Å². The number of hydrogen-bond donors (Lipinski definition) is 4. The van der Waals surface area contributed by atoms with Gasteiger partial charge in [0.2, 0.25) is 11.8 Å². The fourth-order valence-electron chi connectivity index (χ4n) is 4.37. The molecule has 2 atom stereocenters. The number of H-pyrrole nitrogens is 1. The fourth-order valence-corrected chi connectivity index (χ4v) is 4.37. The van der Waals surface area contributed by atoms with Crippen LogP contribution in [-0.2, 0) is 27.4 Å². The van der Waals surface area contributed by atoms with Gasteiger partial charge < -0.3 is 25.7 Å². The molecule has 0 saturated carbocycles. The predicted molar refractivity (Wildman–Crippen MR) is 147 cm³/mol. The number of aromatic nitrogens is 1. The molecule has 0 fully saturated rings. The van der Waals surface area contributed by atoms with E-state index in [1.165, 1.54) is 6.92 Å². The maximum Gasteiger partial charge on any atom is 0.408 e. The second-order valence-electron chi connectivity index (χ2n) is 9.56. The maximum absolute atomic E-state index is 13.6. The summed E-state index contributed by atoms with van der Waals surface area (Å²) in [7, 11) is 0. The van der Waals surface area contributed by atoms with Crippen molar-refractivity contribution in [3.05, 3.63) is 102 Å². The standard InChI is InChI=1S/C30H32N4O4/c1-20(23-11-5-4-6-12-23)32-28(36)30(3,17-24-18-31-27-15-8-7-14-26(24)27)34-29(37)38-19-22-10-9-13-25(16-22)33-21(2)35/h4-16,18,20,31H,17,19H2,1-3H3,(H,32,36)(H,33,35)(H,34,37)/t20-,30+/m0/s1. The molecule has 0 bridgehead atoms. The van der Waals surface area contributed by atoms with Gasteiger partial charge in [-0.2, -0.15) is 0 Å². The Labute approximate surface area is 221 Å². The maximum atomic E-state index is 13.6. The number of ether oxygens (including phenoxy) is 1. The van der Waals surface area contributed by atoms with Crippen molar-refractivity contribution in [1.29, 1.82) is 0 Å². The van der Waals surface area contributed by atoms with Crippen LogP contribution in [0.25, 0.3) is 10.9 Å². The molecule has 1 aromatic heterocycles. The Morgan fingerprint density at radius 2 is 1.71 bits per heavy atom. The van der Waals surface area contributed by atoms with E-state index in [4.69, 9.17) is 4.74 Å². The zero-order chi connectivity index (χ0) is 27.1. The average Bonchev–Trinajstić information content (AvgIpc) is 3.30. The lowest BCUT2D eigenvalue weighted by Crippen LogP contribution is -2.58. The molecule has 4 rings (SSSR count). The molecule has 4 N–H and O–H groups in total. The lowest BCUT2D eigenvalue weighted by atomic mass is 9.91. The summed E-state index contributed by atoms with van der Waals surface area (Å²) in [5.74, 6) is -0.520. The summed E-state index contributed by atoms with van der Waals surface area (Å²) in [5.41, 5.74) is 2.81. The summed E-state index contributed by atoms with van der Waals surface area (Å²) in [5, 5.41) is 9.54. The quantitative estimate of drug-likeness (QED) is 0.246. The summed E-state index contributed by atoms with van der Waals surface area (Å²) in [6.07, 6.45) is 1.38. The largest absolute Gasteiger partial charge is 0.445 e. The lowest BCUT2D eigenvalue weighted by Gasteiger charge is -2.31. The molecular formula is C30H32N4O4. The highest BCUT2D eigenvalue weighted by Gasteiger charge is 2.37. The van der Waals surface area contributed by atoms with Crippen LogP contribution in [0.1, 0.15) is 43.5 Å². The minimum Gasteiger partial charge on any atom is -0.445 e. The zero-order valence-corrected chi connectivity index (χ0v) is 21.7.